The van der Waals surface area contributed by atoms with Gasteiger partial charge in [-0.2, -0.15) is 0 Å². The first-order valence-electron chi connectivity index (χ1n) is 8.11. The van der Waals surface area contributed by atoms with E-state index in [1.165, 1.54) is 38.5 Å². The van der Waals surface area contributed by atoms with Gasteiger partial charge in [-0.1, -0.05) is 26.2 Å². The Morgan fingerprint density at radius 2 is 1.74 bits per heavy atom. The summed E-state index contributed by atoms with van der Waals surface area (Å²) in [4.78, 5) is 17.6. The molecule has 0 aromatic carbocycles. The normalized spacial score (nSPS) is 35.2. The van der Waals surface area contributed by atoms with Crippen molar-refractivity contribution in [2.75, 3.05) is 20.1 Å². The highest BCUT2D eigenvalue weighted by Gasteiger charge is 2.41. The first kappa shape index (κ1) is 13.4. The highest BCUT2D eigenvalue weighted by molar-refractivity contribution is 5.82. The van der Waals surface area contributed by atoms with Crippen molar-refractivity contribution in [1.29, 1.82) is 0 Å². The van der Waals surface area contributed by atoms with Crippen molar-refractivity contribution in [3.63, 3.8) is 0 Å². The molecule has 1 aliphatic carbocycles. The van der Waals surface area contributed by atoms with Crippen LogP contribution in [0.3, 0.4) is 0 Å². The molecule has 0 aromatic heterocycles. The average molecular weight is 264 g/mol. The van der Waals surface area contributed by atoms with Crippen LogP contribution in [0.1, 0.15) is 58.3 Å². The zero-order valence-electron chi connectivity index (χ0n) is 12.5. The van der Waals surface area contributed by atoms with Gasteiger partial charge in [-0.3, -0.25) is 9.69 Å². The molecule has 2 heterocycles. The minimum absolute atomic E-state index is 0.0552. The monoisotopic (exact) mass is 264 g/mol. The number of hydrogen-bond acceptors (Lipinski definition) is 2. The number of rotatable bonds is 1. The lowest BCUT2D eigenvalue weighted by Crippen LogP contribution is -2.47. The maximum Gasteiger partial charge on any atom is 0.228 e. The van der Waals surface area contributed by atoms with Gasteiger partial charge in [0.15, 0.2) is 0 Å². The van der Waals surface area contributed by atoms with Crippen LogP contribution in [0, 0.1) is 5.41 Å². The van der Waals surface area contributed by atoms with E-state index in [0.29, 0.717) is 11.9 Å². The SMILES string of the molecule is CN1[C@@H]2CC[C@H]1CN(C(=O)C1(C)CCCCC1)CC2. The molecule has 2 aliphatic heterocycles. The average Bonchev–Trinajstić information content (AvgIpc) is 2.63. The maximum absolute atomic E-state index is 12.9. The fourth-order valence-electron chi connectivity index (χ4n) is 4.42. The molecule has 0 spiro atoms. The highest BCUT2D eigenvalue weighted by atomic mass is 16.2. The first-order valence-corrected chi connectivity index (χ1v) is 8.11. The van der Waals surface area contributed by atoms with Gasteiger partial charge in [-0.05, 0) is 39.2 Å². The summed E-state index contributed by atoms with van der Waals surface area (Å²) < 4.78 is 0. The second kappa shape index (κ2) is 5.08. The lowest BCUT2D eigenvalue weighted by Gasteiger charge is -2.38. The number of carbonyl (C=O) groups excluding carboxylic acids is 1. The van der Waals surface area contributed by atoms with E-state index in [1.807, 2.05) is 0 Å². The van der Waals surface area contributed by atoms with Gasteiger partial charge in [0.1, 0.15) is 0 Å². The van der Waals surface area contributed by atoms with Gasteiger partial charge >= 0.3 is 0 Å². The number of fused-ring (bicyclic) bond motifs is 2. The molecule has 0 N–H and O–H groups in total. The second-order valence-electron chi connectivity index (χ2n) is 7.21. The van der Waals surface area contributed by atoms with Gasteiger partial charge in [-0.15, -0.1) is 0 Å². The number of likely N-dealkylation sites (N-methyl/N-ethyl adjacent to an activating group) is 1. The molecular weight excluding hydrogens is 236 g/mol. The summed E-state index contributed by atoms with van der Waals surface area (Å²) in [5.74, 6) is 0.452. The minimum Gasteiger partial charge on any atom is -0.341 e. The zero-order valence-corrected chi connectivity index (χ0v) is 12.5. The van der Waals surface area contributed by atoms with Gasteiger partial charge in [0.25, 0.3) is 0 Å². The molecule has 0 unspecified atom stereocenters. The smallest absolute Gasteiger partial charge is 0.228 e. The number of nitrogens with zero attached hydrogens (tertiary/aromatic N) is 2. The molecule has 3 nitrogen and oxygen atoms in total. The fraction of sp³-hybridized carbons (Fsp3) is 0.938. The van der Waals surface area contributed by atoms with Crippen LogP contribution in [0.4, 0.5) is 0 Å². The molecule has 3 heteroatoms. The van der Waals surface area contributed by atoms with E-state index in [9.17, 15) is 4.79 Å². The van der Waals surface area contributed by atoms with Gasteiger partial charge in [0, 0.05) is 30.6 Å². The van der Waals surface area contributed by atoms with Crippen molar-refractivity contribution < 1.29 is 4.79 Å². The third-order valence-electron chi connectivity index (χ3n) is 5.91. The van der Waals surface area contributed by atoms with Crippen molar-refractivity contribution in [2.24, 2.45) is 5.41 Å². The number of likely N-dealkylation sites (tertiary alicyclic amines) is 1. The van der Waals surface area contributed by atoms with E-state index in [4.69, 9.17) is 0 Å². The predicted molar refractivity (Wildman–Crippen MR) is 77.0 cm³/mol. The Labute approximate surface area is 117 Å². The lowest BCUT2D eigenvalue weighted by atomic mass is 9.74. The Hall–Kier alpha value is -0.570. The molecule has 3 fully saturated rings. The first-order chi connectivity index (χ1) is 9.10. The van der Waals surface area contributed by atoms with Crippen molar-refractivity contribution >= 4 is 5.91 Å². The number of carbonyl (C=O) groups is 1. The third kappa shape index (κ3) is 2.42. The number of amides is 1. The van der Waals surface area contributed by atoms with Crippen molar-refractivity contribution in [3.05, 3.63) is 0 Å². The largest absolute Gasteiger partial charge is 0.341 e. The standard InChI is InChI=1S/C16H28N2O/c1-16(9-4-3-5-10-16)15(19)18-11-8-13-6-7-14(12-18)17(13)2/h13-14H,3-12H2,1-2H3/t13-,14+/m1/s1. The quantitative estimate of drug-likeness (QED) is 0.727. The van der Waals surface area contributed by atoms with E-state index in [-0.39, 0.29) is 5.41 Å². The van der Waals surface area contributed by atoms with Crippen molar-refractivity contribution in [2.45, 2.75) is 70.4 Å². The molecule has 108 valence electrons. The summed E-state index contributed by atoms with van der Waals surface area (Å²) in [5, 5.41) is 0. The highest BCUT2D eigenvalue weighted by Crippen LogP contribution is 2.38. The summed E-state index contributed by atoms with van der Waals surface area (Å²) in [5.41, 5.74) is -0.0552. The molecule has 2 bridgehead atoms. The van der Waals surface area contributed by atoms with Crippen LogP contribution < -0.4 is 0 Å². The van der Waals surface area contributed by atoms with E-state index in [2.05, 4.69) is 23.8 Å². The molecule has 0 aromatic rings. The Morgan fingerprint density at radius 3 is 2.47 bits per heavy atom. The van der Waals surface area contributed by atoms with E-state index >= 15 is 0 Å². The lowest BCUT2D eigenvalue weighted by molar-refractivity contribution is -0.143. The topological polar surface area (TPSA) is 23.6 Å². The maximum atomic E-state index is 12.9. The van der Waals surface area contributed by atoms with Gasteiger partial charge in [0.2, 0.25) is 5.91 Å². The Balaban J connectivity index is 1.70. The summed E-state index contributed by atoms with van der Waals surface area (Å²) >= 11 is 0. The zero-order chi connectivity index (χ0) is 13.5. The second-order valence-corrected chi connectivity index (χ2v) is 7.21. The van der Waals surface area contributed by atoms with Crippen molar-refractivity contribution in [1.82, 2.24) is 9.80 Å². The molecule has 3 rings (SSSR count). The Morgan fingerprint density at radius 1 is 1.05 bits per heavy atom. The molecule has 2 saturated heterocycles. The Kier molecular flexibility index (Phi) is 3.59. The molecule has 3 aliphatic rings. The van der Waals surface area contributed by atoms with Crippen LogP contribution in [0.5, 0.6) is 0 Å². The van der Waals surface area contributed by atoms with Gasteiger partial charge < -0.3 is 4.90 Å². The molecule has 19 heavy (non-hydrogen) atoms. The van der Waals surface area contributed by atoms with Crippen LogP contribution in [-0.4, -0.2) is 47.9 Å². The molecule has 1 saturated carbocycles. The molecule has 2 atom stereocenters. The summed E-state index contributed by atoms with van der Waals surface area (Å²) in [6, 6.07) is 1.34. The molecule has 1 amide bonds. The van der Waals surface area contributed by atoms with Crippen LogP contribution in [0.25, 0.3) is 0 Å². The summed E-state index contributed by atoms with van der Waals surface area (Å²) in [6.45, 7) is 4.17. The molecule has 0 radical (unpaired) electrons. The summed E-state index contributed by atoms with van der Waals surface area (Å²) in [7, 11) is 2.25. The van der Waals surface area contributed by atoms with Crippen molar-refractivity contribution in [3.8, 4) is 0 Å². The number of hydrogen-bond donors (Lipinski definition) is 0. The van der Waals surface area contributed by atoms with Crippen LogP contribution >= 0.6 is 0 Å². The fourth-order valence-corrected chi connectivity index (χ4v) is 4.42. The minimum atomic E-state index is -0.0552. The van der Waals surface area contributed by atoms with Crippen LogP contribution in [0.2, 0.25) is 0 Å². The third-order valence-corrected chi connectivity index (χ3v) is 5.91. The van der Waals surface area contributed by atoms with Gasteiger partial charge in [0.05, 0.1) is 0 Å². The van der Waals surface area contributed by atoms with E-state index in [0.717, 1.165) is 32.0 Å². The van der Waals surface area contributed by atoms with Gasteiger partial charge in [-0.25, -0.2) is 0 Å². The predicted octanol–water partition coefficient (Wildman–Crippen LogP) is 2.65. The molecular formula is C16H28N2O. The summed E-state index contributed by atoms with van der Waals surface area (Å²) in [6.07, 6.45) is 9.79. The van der Waals surface area contributed by atoms with E-state index < -0.39 is 0 Å². The van der Waals surface area contributed by atoms with Crippen LogP contribution in [-0.2, 0) is 4.79 Å². The van der Waals surface area contributed by atoms with E-state index in [1.54, 1.807) is 0 Å². The van der Waals surface area contributed by atoms with Crippen LogP contribution in [0.15, 0.2) is 0 Å². The Bertz CT molecular complexity index is 349.